The van der Waals surface area contributed by atoms with Gasteiger partial charge in [0.15, 0.2) is 0 Å². The predicted molar refractivity (Wildman–Crippen MR) is 57.9 cm³/mol. The summed E-state index contributed by atoms with van der Waals surface area (Å²) >= 11 is 0. The molecule has 5 heteroatoms. The van der Waals surface area contributed by atoms with Crippen LogP contribution < -0.4 is 9.80 Å². The van der Waals surface area contributed by atoms with Gasteiger partial charge in [0.05, 0.1) is 0 Å². The zero-order valence-corrected chi connectivity index (χ0v) is 9.44. The first-order chi connectivity index (χ1) is 6.54. The van der Waals surface area contributed by atoms with Gasteiger partial charge in [0.2, 0.25) is 11.9 Å². The van der Waals surface area contributed by atoms with Gasteiger partial charge in [-0.05, 0) is 0 Å². The number of nitrogens with zero attached hydrogens (tertiary/aromatic N) is 5. The Labute approximate surface area is 84.8 Å². The van der Waals surface area contributed by atoms with Crippen molar-refractivity contribution in [3.05, 3.63) is 5.82 Å². The molecule has 0 bridgehead atoms. The summed E-state index contributed by atoms with van der Waals surface area (Å²) in [6.07, 6.45) is 0.824. The van der Waals surface area contributed by atoms with E-state index in [1.165, 1.54) is 0 Å². The van der Waals surface area contributed by atoms with E-state index in [9.17, 15) is 0 Å². The highest BCUT2D eigenvalue weighted by molar-refractivity contribution is 5.36. The van der Waals surface area contributed by atoms with Crippen LogP contribution in [0.1, 0.15) is 12.7 Å². The number of hydrogen-bond acceptors (Lipinski definition) is 5. The number of anilines is 2. The van der Waals surface area contributed by atoms with Gasteiger partial charge in [-0.1, -0.05) is 6.92 Å². The van der Waals surface area contributed by atoms with Crippen LogP contribution in [0.2, 0.25) is 0 Å². The average molecular weight is 195 g/mol. The van der Waals surface area contributed by atoms with Crippen LogP contribution in [-0.4, -0.2) is 43.1 Å². The first kappa shape index (κ1) is 10.7. The third kappa shape index (κ3) is 2.31. The summed E-state index contributed by atoms with van der Waals surface area (Å²) in [5.41, 5.74) is 0. The zero-order chi connectivity index (χ0) is 10.7. The van der Waals surface area contributed by atoms with Crippen molar-refractivity contribution in [3.63, 3.8) is 0 Å². The van der Waals surface area contributed by atoms with Crippen LogP contribution >= 0.6 is 0 Å². The maximum Gasteiger partial charge on any atom is 0.229 e. The van der Waals surface area contributed by atoms with Crippen LogP contribution in [0.3, 0.4) is 0 Å². The van der Waals surface area contributed by atoms with Crippen LogP contribution in [0.15, 0.2) is 0 Å². The maximum absolute atomic E-state index is 4.31. The summed E-state index contributed by atoms with van der Waals surface area (Å²) in [6, 6.07) is 0. The molecular formula is C9H17N5. The van der Waals surface area contributed by atoms with Crippen molar-refractivity contribution in [2.45, 2.75) is 13.3 Å². The fourth-order valence-corrected chi connectivity index (χ4v) is 0.953. The van der Waals surface area contributed by atoms with Crippen LogP contribution in [0.5, 0.6) is 0 Å². The molecule has 0 fully saturated rings. The molecule has 0 spiro atoms. The fraction of sp³-hybridized carbons (Fsp3) is 0.667. The summed E-state index contributed by atoms with van der Waals surface area (Å²) in [6.45, 7) is 2.04. The van der Waals surface area contributed by atoms with Crippen molar-refractivity contribution in [3.8, 4) is 0 Å². The van der Waals surface area contributed by atoms with Gasteiger partial charge in [-0.3, -0.25) is 0 Å². The third-order valence-electron chi connectivity index (χ3n) is 1.77. The van der Waals surface area contributed by atoms with E-state index in [-0.39, 0.29) is 0 Å². The lowest BCUT2D eigenvalue weighted by Crippen LogP contribution is -2.19. The van der Waals surface area contributed by atoms with E-state index >= 15 is 0 Å². The predicted octanol–water partition coefficient (Wildman–Crippen LogP) is 0.566. The molecule has 5 nitrogen and oxygen atoms in total. The minimum atomic E-state index is 0.709. The number of rotatable bonds is 3. The number of aromatic nitrogens is 3. The topological polar surface area (TPSA) is 45.2 Å². The first-order valence-corrected chi connectivity index (χ1v) is 4.64. The summed E-state index contributed by atoms with van der Waals surface area (Å²) in [5, 5.41) is 0. The summed E-state index contributed by atoms with van der Waals surface area (Å²) in [7, 11) is 7.70. The monoisotopic (exact) mass is 195 g/mol. The summed E-state index contributed by atoms with van der Waals surface area (Å²) in [4.78, 5) is 16.7. The van der Waals surface area contributed by atoms with E-state index in [1.54, 1.807) is 0 Å². The minimum Gasteiger partial charge on any atom is -0.347 e. The van der Waals surface area contributed by atoms with Crippen LogP contribution in [-0.2, 0) is 6.42 Å². The van der Waals surface area contributed by atoms with Gasteiger partial charge < -0.3 is 9.80 Å². The quantitative estimate of drug-likeness (QED) is 0.705. The molecule has 1 aromatic rings. The SMILES string of the molecule is CCc1nc(N(C)C)nc(N(C)C)n1. The second-order valence-electron chi connectivity index (χ2n) is 3.49. The molecule has 0 aromatic carbocycles. The van der Waals surface area contributed by atoms with E-state index in [2.05, 4.69) is 15.0 Å². The molecule has 0 saturated heterocycles. The average Bonchev–Trinajstić information content (AvgIpc) is 2.16. The molecule has 0 radical (unpaired) electrons. The van der Waals surface area contributed by atoms with Gasteiger partial charge in [0.25, 0.3) is 0 Å². The molecule has 0 aliphatic heterocycles. The molecule has 14 heavy (non-hydrogen) atoms. The minimum absolute atomic E-state index is 0.709. The maximum atomic E-state index is 4.31. The van der Waals surface area contributed by atoms with E-state index in [4.69, 9.17) is 0 Å². The van der Waals surface area contributed by atoms with Crippen molar-refractivity contribution in [1.29, 1.82) is 0 Å². The van der Waals surface area contributed by atoms with Crippen molar-refractivity contribution in [2.24, 2.45) is 0 Å². The van der Waals surface area contributed by atoms with E-state index in [1.807, 2.05) is 44.9 Å². The molecule has 0 atom stereocenters. The standard InChI is InChI=1S/C9H17N5/c1-6-7-10-8(13(2)3)12-9(11-7)14(4)5/h6H2,1-5H3. The lowest BCUT2D eigenvalue weighted by molar-refractivity contribution is 0.846. The normalized spacial score (nSPS) is 10.1. The Morgan fingerprint density at radius 3 is 1.57 bits per heavy atom. The summed E-state index contributed by atoms with van der Waals surface area (Å²) < 4.78 is 0. The number of hydrogen-bond donors (Lipinski definition) is 0. The molecule has 0 amide bonds. The largest absolute Gasteiger partial charge is 0.347 e. The Balaban J connectivity index is 3.13. The van der Waals surface area contributed by atoms with Crippen LogP contribution in [0.25, 0.3) is 0 Å². The van der Waals surface area contributed by atoms with E-state index in [0.717, 1.165) is 12.2 Å². The second-order valence-corrected chi connectivity index (χ2v) is 3.49. The summed E-state index contributed by atoms with van der Waals surface area (Å²) in [5.74, 6) is 2.24. The molecule has 0 N–H and O–H groups in total. The molecule has 78 valence electrons. The molecule has 1 heterocycles. The van der Waals surface area contributed by atoms with E-state index < -0.39 is 0 Å². The molecular weight excluding hydrogens is 178 g/mol. The lowest BCUT2D eigenvalue weighted by Gasteiger charge is -2.15. The molecule has 1 rings (SSSR count). The first-order valence-electron chi connectivity index (χ1n) is 4.64. The molecule has 0 saturated carbocycles. The second kappa shape index (κ2) is 4.21. The van der Waals surface area contributed by atoms with Crippen molar-refractivity contribution in [2.75, 3.05) is 38.0 Å². The Kier molecular flexibility index (Phi) is 3.22. The van der Waals surface area contributed by atoms with Crippen LogP contribution in [0, 0.1) is 0 Å². The van der Waals surface area contributed by atoms with Gasteiger partial charge in [-0.15, -0.1) is 0 Å². The Morgan fingerprint density at radius 2 is 1.29 bits per heavy atom. The Morgan fingerprint density at radius 1 is 0.857 bits per heavy atom. The fourth-order valence-electron chi connectivity index (χ4n) is 0.953. The van der Waals surface area contributed by atoms with Gasteiger partial charge in [-0.2, -0.15) is 15.0 Å². The molecule has 1 aromatic heterocycles. The van der Waals surface area contributed by atoms with Crippen molar-refractivity contribution < 1.29 is 0 Å². The molecule has 0 unspecified atom stereocenters. The van der Waals surface area contributed by atoms with E-state index in [0.29, 0.717) is 11.9 Å². The van der Waals surface area contributed by atoms with Crippen LogP contribution in [0.4, 0.5) is 11.9 Å². The molecule has 0 aliphatic carbocycles. The highest BCUT2D eigenvalue weighted by Gasteiger charge is 2.07. The van der Waals surface area contributed by atoms with Crippen molar-refractivity contribution in [1.82, 2.24) is 15.0 Å². The van der Waals surface area contributed by atoms with Gasteiger partial charge in [0, 0.05) is 34.6 Å². The van der Waals surface area contributed by atoms with Crippen molar-refractivity contribution >= 4 is 11.9 Å². The van der Waals surface area contributed by atoms with Gasteiger partial charge in [0.1, 0.15) is 5.82 Å². The lowest BCUT2D eigenvalue weighted by atomic mass is 10.4. The van der Waals surface area contributed by atoms with Gasteiger partial charge in [-0.25, -0.2) is 0 Å². The zero-order valence-electron chi connectivity index (χ0n) is 9.44. The highest BCUT2D eigenvalue weighted by atomic mass is 15.3. The smallest absolute Gasteiger partial charge is 0.229 e. The Hall–Kier alpha value is -1.39. The molecule has 0 aliphatic rings. The number of aryl methyl sites for hydroxylation is 1. The van der Waals surface area contributed by atoms with Gasteiger partial charge >= 0.3 is 0 Å². The third-order valence-corrected chi connectivity index (χ3v) is 1.77. The Bertz CT molecular complexity index is 282. The highest BCUT2D eigenvalue weighted by Crippen LogP contribution is 2.10.